The Balaban J connectivity index is 1.91. The first kappa shape index (κ1) is 11.4. The summed E-state index contributed by atoms with van der Waals surface area (Å²) >= 11 is 0. The third-order valence-corrected chi connectivity index (χ3v) is 3.75. The van der Waals surface area contributed by atoms with E-state index in [0.29, 0.717) is 12.0 Å². The van der Waals surface area contributed by atoms with E-state index in [0.717, 1.165) is 32.7 Å². The maximum atomic E-state index is 6.22. The van der Waals surface area contributed by atoms with Crippen LogP contribution in [0.3, 0.4) is 0 Å². The normalized spacial score (nSPS) is 42.8. The molecule has 0 aromatic carbocycles. The van der Waals surface area contributed by atoms with E-state index in [4.69, 9.17) is 9.47 Å². The lowest BCUT2D eigenvalue weighted by Gasteiger charge is -2.42. The van der Waals surface area contributed by atoms with Crippen LogP contribution in [0, 0.1) is 5.92 Å². The van der Waals surface area contributed by atoms with Gasteiger partial charge in [0.25, 0.3) is 0 Å². The first-order chi connectivity index (χ1) is 7.23. The van der Waals surface area contributed by atoms with E-state index in [1.165, 1.54) is 12.8 Å². The van der Waals surface area contributed by atoms with Gasteiger partial charge in [-0.25, -0.2) is 0 Å². The van der Waals surface area contributed by atoms with Gasteiger partial charge in [0.2, 0.25) is 0 Å². The summed E-state index contributed by atoms with van der Waals surface area (Å²) in [6.45, 7) is 8.18. The molecule has 0 aliphatic carbocycles. The SMILES string of the molecule is CCC1(C)CNCC(C2CCCOC2)O1. The summed E-state index contributed by atoms with van der Waals surface area (Å²) in [4.78, 5) is 0. The van der Waals surface area contributed by atoms with Crippen molar-refractivity contribution < 1.29 is 9.47 Å². The van der Waals surface area contributed by atoms with Crippen LogP contribution in [-0.2, 0) is 9.47 Å². The number of morpholine rings is 1. The van der Waals surface area contributed by atoms with Gasteiger partial charge >= 0.3 is 0 Å². The van der Waals surface area contributed by atoms with E-state index in [9.17, 15) is 0 Å². The van der Waals surface area contributed by atoms with E-state index in [-0.39, 0.29) is 5.60 Å². The fourth-order valence-corrected chi connectivity index (χ4v) is 2.46. The van der Waals surface area contributed by atoms with E-state index >= 15 is 0 Å². The molecule has 0 amide bonds. The fraction of sp³-hybridized carbons (Fsp3) is 1.00. The Morgan fingerprint density at radius 2 is 2.33 bits per heavy atom. The zero-order chi connectivity index (χ0) is 10.7. The molecule has 2 aliphatic heterocycles. The van der Waals surface area contributed by atoms with Crippen molar-refractivity contribution in [1.29, 1.82) is 0 Å². The number of rotatable bonds is 2. The molecule has 2 saturated heterocycles. The molecule has 0 aromatic heterocycles. The van der Waals surface area contributed by atoms with Gasteiger partial charge in [0.1, 0.15) is 0 Å². The van der Waals surface area contributed by atoms with Crippen LogP contribution in [0.4, 0.5) is 0 Å². The predicted molar refractivity (Wildman–Crippen MR) is 60.0 cm³/mol. The molecular weight excluding hydrogens is 190 g/mol. The lowest BCUT2D eigenvalue weighted by Crippen LogP contribution is -2.55. The first-order valence-corrected chi connectivity index (χ1v) is 6.20. The molecule has 0 radical (unpaired) electrons. The lowest BCUT2D eigenvalue weighted by molar-refractivity contribution is -0.145. The van der Waals surface area contributed by atoms with Gasteiger partial charge in [-0.1, -0.05) is 6.92 Å². The number of hydrogen-bond donors (Lipinski definition) is 1. The van der Waals surface area contributed by atoms with E-state index in [1.807, 2.05) is 0 Å². The van der Waals surface area contributed by atoms with Gasteiger partial charge in [-0.05, 0) is 26.2 Å². The standard InChI is InChI=1S/C12H23NO2/c1-3-12(2)9-13-7-11(15-12)10-5-4-6-14-8-10/h10-11,13H,3-9H2,1-2H3. The van der Waals surface area contributed by atoms with Crippen LogP contribution < -0.4 is 5.32 Å². The van der Waals surface area contributed by atoms with Crippen LogP contribution in [-0.4, -0.2) is 38.0 Å². The zero-order valence-electron chi connectivity index (χ0n) is 9.92. The molecular formula is C12H23NO2. The van der Waals surface area contributed by atoms with Crippen molar-refractivity contribution in [2.24, 2.45) is 5.92 Å². The van der Waals surface area contributed by atoms with Crippen LogP contribution in [0.2, 0.25) is 0 Å². The average molecular weight is 213 g/mol. The van der Waals surface area contributed by atoms with Gasteiger partial charge in [0, 0.05) is 25.6 Å². The predicted octanol–water partition coefficient (Wildman–Crippen LogP) is 1.57. The maximum absolute atomic E-state index is 6.22. The monoisotopic (exact) mass is 213 g/mol. The number of hydrogen-bond acceptors (Lipinski definition) is 3. The molecule has 3 atom stereocenters. The lowest BCUT2D eigenvalue weighted by atomic mass is 9.92. The minimum absolute atomic E-state index is 0.0281. The zero-order valence-corrected chi connectivity index (χ0v) is 9.92. The summed E-state index contributed by atoms with van der Waals surface area (Å²) in [7, 11) is 0. The van der Waals surface area contributed by atoms with Gasteiger partial charge in [-0.2, -0.15) is 0 Å². The molecule has 2 fully saturated rings. The van der Waals surface area contributed by atoms with Crippen LogP contribution in [0.1, 0.15) is 33.1 Å². The third kappa shape index (κ3) is 2.71. The van der Waals surface area contributed by atoms with Crippen LogP contribution in [0.5, 0.6) is 0 Å². The number of nitrogens with one attached hydrogen (secondary N) is 1. The van der Waals surface area contributed by atoms with Crippen molar-refractivity contribution in [3.05, 3.63) is 0 Å². The van der Waals surface area contributed by atoms with Crippen molar-refractivity contribution in [3.63, 3.8) is 0 Å². The molecule has 1 N–H and O–H groups in total. The fourth-order valence-electron chi connectivity index (χ4n) is 2.46. The van der Waals surface area contributed by atoms with Gasteiger partial charge in [0.05, 0.1) is 18.3 Å². The molecule has 15 heavy (non-hydrogen) atoms. The van der Waals surface area contributed by atoms with Crippen LogP contribution in [0.25, 0.3) is 0 Å². The van der Waals surface area contributed by atoms with Crippen molar-refractivity contribution in [2.75, 3.05) is 26.3 Å². The van der Waals surface area contributed by atoms with Crippen molar-refractivity contribution in [2.45, 2.75) is 44.8 Å². The highest BCUT2D eigenvalue weighted by Gasteiger charge is 2.35. The maximum Gasteiger partial charge on any atom is 0.0780 e. The molecule has 3 nitrogen and oxygen atoms in total. The van der Waals surface area contributed by atoms with E-state index in [1.54, 1.807) is 0 Å². The molecule has 3 heteroatoms. The highest BCUT2D eigenvalue weighted by Crippen LogP contribution is 2.27. The van der Waals surface area contributed by atoms with Crippen LogP contribution in [0.15, 0.2) is 0 Å². The van der Waals surface area contributed by atoms with Crippen molar-refractivity contribution >= 4 is 0 Å². The molecule has 0 spiro atoms. The van der Waals surface area contributed by atoms with E-state index < -0.39 is 0 Å². The third-order valence-electron chi connectivity index (χ3n) is 3.75. The molecule has 0 bridgehead atoms. The number of ether oxygens (including phenoxy) is 2. The Hall–Kier alpha value is -0.120. The summed E-state index contributed by atoms with van der Waals surface area (Å²) in [6, 6.07) is 0. The second-order valence-electron chi connectivity index (χ2n) is 5.07. The second kappa shape index (κ2) is 4.81. The average Bonchev–Trinajstić information content (AvgIpc) is 2.30. The summed E-state index contributed by atoms with van der Waals surface area (Å²) < 4.78 is 11.7. The molecule has 0 saturated carbocycles. The molecule has 2 aliphatic rings. The first-order valence-electron chi connectivity index (χ1n) is 6.20. The highest BCUT2D eigenvalue weighted by molar-refractivity contribution is 4.87. The summed E-state index contributed by atoms with van der Waals surface area (Å²) in [5.41, 5.74) is 0.0281. The van der Waals surface area contributed by atoms with Crippen molar-refractivity contribution in [3.8, 4) is 0 Å². The van der Waals surface area contributed by atoms with Gasteiger partial charge in [-0.3, -0.25) is 0 Å². The Morgan fingerprint density at radius 3 is 3.00 bits per heavy atom. The minimum atomic E-state index is 0.0281. The Morgan fingerprint density at radius 1 is 1.47 bits per heavy atom. The summed E-state index contributed by atoms with van der Waals surface area (Å²) in [5, 5.41) is 3.49. The van der Waals surface area contributed by atoms with Crippen molar-refractivity contribution in [1.82, 2.24) is 5.32 Å². The highest BCUT2D eigenvalue weighted by atomic mass is 16.5. The Kier molecular flexibility index (Phi) is 3.65. The van der Waals surface area contributed by atoms with Gasteiger partial charge in [0.15, 0.2) is 0 Å². The van der Waals surface area contributed by atoms with E-state index in [2.05, 4.69) is 19.2 Å². The molecule has 0 aromatic rings. The van der Waals surface area contributed by atoms with Gasteiger partial charge < -0.3 is 14.8 Å². The quantitative estimate of drug-likeness (QED) is 0.755. The summed E-state index contributed by atoms with van der Waals surface area (Å²) in [5.74, 6) is 0.595. The molecule has 3 unspecified atom stereocenters. The largest absolute Gasteiger partial charge is 0.381 e. The minimum Gasteiger partial charge on any atom is -0.381 e. The smallest absolute Gasteiger partial charge is 0.0780 e. The second-order valence-corrected chi connectivity index (χ2v) is 5.07. The van der Waals surface area contributed by atoms with Crippen LogP contribution >= 0.6 is 0 Å². The molecule has 2 rings (SSSR count). The Bertz CT molecular complexity index is 204. The van der Waals surface area contributed by atoms with Gasteiger partial charge in [-0.15, -0.1) is 0 Å². The molecule has 2 heterocycles. The topological polar surface area (TPSA) is 30.5 Å². The Labute approximate surface area is 92.5 Å². The molecule has 88 valence electrons. The summed E-state index contributed by atoms with van der Waals surface area (Å²) in [6.07, 6.45) is 3.87.